The van der Waals surface area contributed by atoms with E-state index in [9.17, 15) is 0 Å². The van der Waals surface area contributed by atoms with Crippen LogP contribution in [0.5, 0.6) is 0 Å². The van der Waals surface area contributed by atoms with Crippen LogP contribution in [0.1, 0.15) is 34.7 Å². The Morgan fingerprint density at radius 2 is 1.69 bits per heavy atom. The first-order chi connectivity index (χ1) is 15.8. The molecular formula is C29H29NO2. The van der Waals surface area contributed by atoms with Gasteiger partial charge in [0.15, 0.2) is 0 Å². The van der Waals surface area contributed by atoms with Crippen molar-refractivity contribution < 1.29 is 9.47 Å². The molecule has 0 bridgehead atoms. The van der Waals surface area contributed by atoms with Gasteiger partial charge in [0.25, 0.3) is 0 Å². The van der Waals surface area contributed by atoms with Gasteiger partial charge in [-0.2, -0.15) is 0 Å². The molecule has 3 heteroatoms. The fourth-order valence-corrected chi connectivity index (χ4v) is 5.90. The molecule has 0 unspecified atom stereocenters. The fourth-order valence-electron chi connectivity index (χ4n) is 5.90. The van der Waals surface area contributed by atoms with Crippen LogP contribution in [-0.4, -0.2) is 25.9 Å². The predicted octanol–water partition coefficient (Wildman–Crippen LogP) is 5.94. The van der Waals surface area contributed by atoms with E-state index in [4.69, 9.17) is 9.47 Å². The Morgan fingerprint density at radius 1 is 0.938 bits per heavy atom. The van der Waals surface area contributed by atoms with Crippen molar-refractivity contribution in [1.29, 1.82) is 0 Å². The highest BCUT2D eigenvalue weighted by Gasteiger charge is 2.53. The lowest BCUT2D eigenvalue weighted by Crippen LogP contribution is -2.44. The SMILES string of the molecule is CO[C@@H]1C2=C(c3ccccc3N(Cc3ccc(C)cc3)[C@H]1c1ccccc1)[C@H]1CCO[C@@H]21. The average molecular weight is 424 g/mol. The lowest BCUT2D eigenvalue weighted by Gasteiger charge is -2.42. The summed E-state index contributed by atoms with van der Waals surface area (Å²) < 4.78 is 12.5. The van der Waals surface area contributed by atoms with Crippen LogP contribution in [0, 0.1) is 12.8 Å². The van der Waals surface area contributed by atoms with Crippen LogP contribution in [0.25, 0.3) is 5.57 Å². The first-order valence-electron chi connectivity index (χ1n) is 11.6. The van der Waals surface area contributed by atoms with Crippen LogP contribution in [0.2, 0.25) is 0 Å². The summed E-state index contributed by atoms with van der Waals surface area (Å²) in [6.45, 7) is 3.81. The van der Waals surface area contributed by atoms with Gasteiger partial charge in [0.2, 0.25) is 0 Å². The molecule has 3 aromatic rings. The normalized spacial score (nSPS) is 26.1. The third-order valence-corrected chi connectivity index (χ3v) is 7.38. The molecule has 2 heterocycles. The summed E-state index contributed by atoms with van der Waals surface area (Å²) >= 11 is 0. The Hall–Kier alpha value is -2.88. The van der Waals surface area contributed by atoms with E-state index in [0.717, 1.165) is 19.6 Å². The molecular weight excluding hydrogens is 394 g/mol. The highest BCUT2D eigenvalue weighted by atomic mass is 16.5. The smallest absolute Gasteiger partial charge is 0.106 e. The lowest BCUT2D eigenvalue weighted by atomic mass is 9.68. The number of hydrogen-bond donors (Lipinski definition) is 0. The molecule has 6 rings (SSSR count). The largest absolute Gasteiger partial charge is 0.374 e. The van der Waals surface area contributed by atoms with Crippen molar-refractivity contribution in [2.24, 2.45) is 5.92 Å². The number of nitrogens with zero attached hydrogens (tertiary/aromatic N) is 1. The third kappa shape index (κ3) is 3.03. The second kappa shape index (κ2) is 7.91. The van der Waals surface area contributed by atoms with Crippen LogP contribution < -0.4 is 4.90 Å². The molecule has 0 aromatic heterocycles. The topological polar surface area (TPSA) is 21.7 Å². The number of fused-ring (bicyclic) bond motifs is 5. The second-order valence-electron chi connectivity index (χ2n) is 9.20. The maximum Gasteiger partial charge on any atom is 0.106 e. The third-order valence-electron chi connectivity index (χ3n) is 7.38. The van der Waals surface area contributed by atoms with E-state index in [0.29, 0.717) is 5.92 Å². The number of anilines is 1. The number of aryl methyl sites for hydroxylation is 1. The van der Waals surface area contributed by atoms with E-state index in [1.807, 2.05) is 7.11 Å². The molecule has 0 radical (unpaired) electrons. The Morgan fingerprint density at radius 3 is 2.47 bits per heavy atom. The quantitative estimate of drug-likeness (QED) is 0.518. The minimum Gasteiger partial charge on any atom is -0.374 e. The van der Waals surface area contributed by atoms with E-state index >= 15 is 0 Å². The zero-order chi connectivity index (χ0) is 21.7. The molecule has 0 saturated carbocycles. The Kier molecular flexibility index (Phi) is 4.89. The highest BCUT2D eigenvalue weighted by molar-refractivity contribution is 5.88. The van der Waals surface area contributed by atoms with Crippen LogP contribution in [0.3, 0.4) is 0 Å². The molecule has 0 spiro atoms. The predicted molar refractivity (Wildman–Crippen MR) is 129 cm³/mol. The Bertz CT molecular complexity index is 1150. The number of methoxy groups -OCH3 is 1. The molecule has 162 valence electrons. The molecule has 0 N–H and O–H groups in total. The molecule has 2 aliphatic heterocycles. The zero-order valence-electron chi connectivity index (χ0n) is 18.7. The van der Waals surface area contributed by atoms with Gasteiger partial charge in [-0.25, -0.2) is 0 Å². The maximum atomic E-state index is 6.32. The summed E-state index contributed by atoms with van der Waals surface area (Å²) in [5, 5.41) is 0. The summed E-state index contributed by atoms with van der Waals surface area (Å²) in [5.74, 6) is 0.486. The van der Waals surface area contributed by atoms with Gasteiger partial charge in [-0.3, -0.25) is 0 Å². The Labute approximate surface area is 190 Å². The van der Waals surface area contributed by atoms with Crippen LogP contribution in [0.15, 0.2) is 84.4 Å². The summed E-state index contributed by atoms with van der Waals surface area (Å²) in [4.78, 5) is 2.55. The average Bonchev–Trinajstić information content (AvgIpc) is 3.19. The number of hydrogen-bond acceptors (Lipinski definition) is 3. The van der Waals surface area contributed by atoms with Crippen LogP contribution in [-0.2, 0) is 16.0 Å². The van der Waals surface area contributed by atoms with Crippen molar-refractivity contribution in [2.75, 3.05) is 18.6 Å². The van der Waals surface area contributed by atoms with Gasteiger partial charge >= 0.3 is 0 Å². The fraction of sp³-hybridized carbons (Fsp3) is 0.310. The van der Waals surface area contributed by atoms with Gasteiger partial charge < -0.3 is 14.4 Å². The first kappa shape index (κ1) is 19.8. The molecule has 3 aliphatic rings. The van der Waals surface area contributed by atoms with Crippen molar-refractivity contribution in [2.45, 2.75) is 38.1 Å². The van der Waals surface area contributed by atoms with Crippen molar-refractivity contribution in [3.05, 3.63) is 107 Å². The van der Waals surface area contributed by atoms with E-state index < -0.39 is 0 Å². The number of rotatable bonds is 4. The van der Waals surface area contributed by atoms with E-state index in [-0.39, 0.29) is 18.2 Å². The van der Waals surface area contributed by atoms with Crippen molar-refractivity contribution in [3.63, 3.8) is 0 Å². The highest BCUT2D eigenvalue weighted by Crippen LogP contribution is 2.57. The second-order valence-corrected chi connectivity index (χ2v) is 9.20. The van der Waals surface area contributed by atoms with Crippen molar-refractivity contribution in [3.8, 4) is 0 Å². The van der Waals surface area contributed by atoms with Gasteiger partial charge in [-0.1, -0.05) is 78.4 Å². The summed E-state index contributed by atoms with van der Waals surface area (Å²) in [6, 6.07) is 28.7. The summed E-state index contributed by atoms with van der Waals surface area (Å²) in [7, 11) is 1.85. The van der Waals surface area contributed by atoms with Crippen molar-refractivity contribution >= 4 is 11.3 Å². The first-order valence-corrected chi connectivity index (χ1v) is 11.6. The molecule has 0 amide bonds. The monoisotopic (exact) mass is 423 g/mol. The van der Waals surface area contributed by atoms with Gasteiger partial charge in [-0.15, -0.1) is 0 Å². The zero-order valence-corrected chi connectivity index (χ0v) is 18.7. The summed E-state index contributed by atoms with van der Waals surface area (Å²) in [5.41, 5.74) is 9.32. The van der Waals surface area contributed by atoms with Crippen LogP contribution in [0.4, 0.5) is 5.69 Å². The maximum absolute atomic E-state index is 6.32. The lowest BCUT2D eigenvalue weighted by molar-refractivity contribution is 0.0505. The Balaban J connectivity index is 1.55. The van der Waals surface area contributed by atoms with Crippen LogP contribution >= 0.6 is 0 Å². The number of benzene rings is 3. The number of para-hydroxylation sites is 1. The minimum atomic E-state index is -0.0513. The molecule has 32 heavy (non-hydrogen) atoms. The van der Waals surface area contributed by atoms with Gasteiger partial charge in [-0.05, 0) is 41.7 Å². The van der Waals surface area contributed by atoms with Gasteiger partial charge in [0, 0.05) is 37.4 Å². The molecule has 4 atom stereocenters. The minimum absolute atomic E-state index is 0.0513. The van der Waals surface area contributed by atoms with E-state index in [1.165, 1.54) is 39.1 Å². The molecule has 1 fully saturated rings. The molecule has 1 saturated heterocycles. The standard InChI is InChI=1S/C29H29NO2/c1-19-12-14-20(15-13-19)18-30-24-11-7-6-10-22(24)25-23-16-17-32-28(23)26(25)29(31-2)27(30)21-8-4-3-5-9-21/h3-15,23,27-29H,16-18H2,1-2H3/t23-,27+,28-,29-/m1/s1. The molecule has 3 aromatic carbocycles. The number of ether oxygens (including phenoxy) is 2. The van der Waals surface area contributed by atoms with E-state index in [2.05, 4.69) is 90.7 Å². The van der Waals surface area contributed by atoms with Gasteiger partial charge in [0.1, 0.15) is 6.10 Å². The summed E-state index contributed by atoms with van der Waals surface area (Å²) in [6.07, 6.45) is 1.24. The molecule has 3 nitrogen and oxygen atoms in total. The van der Waals surface area contributed by atoms with Crippen molar-refractivity contribution in [1.82, 2.24) is 0 Å². The van der Waals surface area contributed by atoms with Gasteiger partial charge in [0.05, 0.1) is 12.1 Å². The van der Waals surface area contributed by atoms with E-state index in [1.54, 1.807) is 0 Å². The molecule has 1 aliphatic carbocycles.